The number of nitrogens with one attached hydrogen (secondary N) is 2. The molecule has 0 saturated heterocycles. The zero-order valence-electron chi connectivity index (χ0n) is 10.3. The van der Waals surface area contributed by atoms with Crippen LogP contribution in [-0.4, -0.2) is 25.8 Å². The van der Waals surface area contributed by atoms with Gasteiger partial charge in [-0.25, -0.2) is 15.0 Å². The molecule has 1 aliphatic rings. The smallest absolute Gasteiger partial charge is 0.228 e. The number of H-pyrrole nitrogens is 1. The zero-order chi connectivity index (χ0) is 13.7. The largest absolute Gasteiger partial charge is 0.382 e. The predicted molar refractivity (Wildman–Crippen MR) is 73.9 cm³/mol. The van der Waals surface area contributed by atoms with Gasteiger partial charge >= 0.3 is 0 Å². The molecule has 0 fully saturated rings. The fourth-order valence-corrected chi connectivity index (χ4v) is 2.35. The third-order valence-electron chi connectivity index (χ3n) is 3.30. The van der Waals surface area contributed by atoms with E-state index in [9.17, 15) is 4.79 Å². The summed E-state index contributed by atoms with van der Waals surface area (Å²) in [6.45, 7) is 0. The van der Waals surface area contributed by atoms with Gasteiger partial charge in [-0.15, -0.1) is 0 Å². The fourth-order valence-electron chi connectivity index (χ4n) is 2.35. The van der Waals surface area contributed by atoms with Crippen molar-refractivity contribution in [3.63, 3.8) is 0 Å². The van der Waals surface area contributed by atoms with Crippen molar-refractivity contribution in [1.29, 1.82) is 0 Å². The van der Waals surface area contributed by atoms with E-state index >= 15 is 0 Å². The van der Waals surface area contributed by atoms with E-state index in [4.69, 9.17) is 5.73 Å². The lowest BCUT2D eigenvalue weighted by molar-refractivity contribution is -0.115. The van der Waals surface area contributed by atoms with Gasteiger partial charge in [-0.3, -0.25) is 4.79 Å². The molecule has 0 unspecified atom stereocenters. The van der Waals surface area contributed by atoms with Gasteiger partial charge in [0.15, 0.2) is 17.3 Å². The number of fused-ring (bicyclic) bond motifs is 2. The SMILES string of the molecule is Nc1nc(-c2ccc3c(c2)CC(=O)N3)nc2nc[nH]c12. The number of anilines is 2. The van der Waals surface area contributed by atoms with Crippen LogP contribution in [0.1, 0.15) is 5.56 Å². The summed E-state index contributed by atoms with van der Waals surface area (Å²) in [6, 6.07) is 5.61. The highest BCUT2D eigenvalue weighted by Gasteiger charge is 2.18. The molecule has 0 spiro atoms. The topological polar surface area (TPSA) is 110 Å². The highest BCUT2D eigenvalue weighted by Crippen LogP contribution is 2.28. The average Bonchev–Trinajstić information content (AvgIpc) is 3.02. The Morgan fingerprint density at radius 3 is 3.05 bits per heavy atom. The summed E-state index contributed by atoms with van der Waals surface area (Å²) in [5, 5.41) is 2.79. The second-order valence-electron chi connectivity index (χ2n) is 4.63. The van der Waals surface area contributed by atoms with Crippen LogP contribution < -0.4 is 11.1 Å². The van der Waals surface area contributed by atoms with Gasteiger partial charge in [-0.2, -0.15) is 0 Å². The first kappa shape index (κ1) is 10.9. The van der Waals surface area contributed by atoms with Crippen LogP contribution in [0.25, 0.3) is 22.6 Å². The van der Waals surface area contributed by atoms with Crippen molar-refractivity contribution in [2.75, 3.05) is 11.1 Å². The lowest BCUT2D eigenvalue weighted by atomic mass is 10.1. The van der Waals surface area contributed by atoms with Gasteiger partial charge in [0.25, 0.3) is 0 Å². The molecule has 0 bridgehead atoms. The summed E-state index contributed by atoms with van der Waals surface area (Å²) in [5.74, 6) is 0.863. The highest BCUT2D eigenvalue weighted by atomic mass is 16.1. The number of carbonyl (C=O) groups excluding carboxylic acids is 1. The van der Waals surface area contributed by atoms with Crippen LogP contribution in [0.3, 0.4) is 0 Å². The van der Waals surface area contributed by atoms with E-state index in [0.717, 1.165) is 16.8 Å². The molecule has 20 heavy (non-hydrogen) atoms. The number of imidazole rings is 1. The fraction of sp³-hybridized carbons (Fsp3) is 0.0769. The maximum Gasteiger partial charge on any atom is 0.228 e. The van der Waals surface area contributed by atoms with E-state index in [1.165, 1.54) is 6.33 Å². The molecule has 4 rings (SSSR count). The maximum absolute atomic E-state index is 11.4. The minimum Gasteiger partial charge on any atom is -0.382 e. The zero-order valence-corrected chi connectivity index (χ0v) is 10.3. The van der Waals surface area contributed by atoms with E-state index < -0.39 is 0 Å². The number of aromatic amines is 1. The van der Waals surface area contributed by atoms with Crippen molar-refractivity contribution in [3.05, 3.63) is 30.1 Å². The molecule has 4 N–H and O–H groups in total. The number of amides is 1. The number of aromatic nitrogens is 4. The van der Waals surface area contributed by atoms with Crippen LogP contribution in [-0.2, 0) is 11.2 Å². The molecule has 0 atom stereocenters. The Morgan fingerprint density at radius 2 is 2.15 bits per heavy atom. The molecule has 1 amide bonds. The third-order valence-corrected chi connectivity index (χ3v) is 3.30. The number of carbonyl (C=O) groups is 1. The van der Waals surface area contributed by atoms with Gasteiger partial charge in [-0.1, -0.05) is 0 Å². The maximum atomic E-state index is 11.4. The Bertz CT molecular complexity index is 853. The Labute approximate surface area is 113 Å². The minimum absolute atomic E-state index is 0.000311. The molecule has 0 saturated carbocycles. The second kappa shape index (κ2) is 3.77. The molecule has 3 heterocycles. The van der Waals surface area contributed by atoms with Crippen molar-refractivity contribution < 1.29 is 4.79 Å². The number of hydrogen-bond acceptors (Lipinski definition) is 5. The Hall–Kier alpha value is -2.96. The number of nitrogen functional groups attached to an aromatic ring is 1. The van der Waals surface area contributed by atoms with Gasteiger partial charge in [-0.05, 0) is 23.8 Å². The molecule has 98 valence electrons. The van der Waals surface area contributed by atoms with Crippen LogP contribution >= 0.6 is 0 Å². The van der Waals surface area contributed by atoms with E-state index in [-0.39, 0.29) is 5.91 Å². The molecular weight excluding hydrogens is 256 g/mol. The summed E-state index contributed by atoms with van der Waals surface area (Å²) in [4.78, 5) is 27.0. The number of nitrogens with zero attached hydrogens (tertiary/aromatic N) is 3. The summed E-state index contributed by atoms with van der Waals surface area (Å²) in [5.41, 5.74) is 9.64. The molecule has 1 aliphatic heterocycles. The third kappa shape index (κ3) is 1.53. The van der Waals surface area contributed by atoms with Crippen molar-refractivity contribution in [2.24, 2.45) is 0 Å². The highest BCUT2D eigenvalue weighted by molar-refractivity contribution is 5.99. The number of benzene rings is 1. The van der Waals surface area contributed by atoms with Crippen molar-refractivity contribution in [1.82, 2.24) is 19.9 Å². The summed E-state index contributed by atoms with van der Waals surface area (Å²) in [7, 11) is 0. The van der Waals surface area contributed by atoms with Crippen LogP contribution in [0.2, 0.25) is 0 Å². The predicted octanol–water partition coefficient (Wildman–Crippen LogP) is 1.10. The lowest BCUT2D eigenvalue weighted by Crippen LogP contribution is -2.03. The molecule has 3 aromatic rings. The monoisotopic (exact) mass is 266 g/mol. The van der Waals surface area contributed by atoms with E-state index in [0.29, 0.717) is 29.2 Å². The van der Waals surface area contributed by atoms with Crippen molar-refractivity contribution >= 4 is 28.6 Å². The molecule has 1 aromatic carbocycles. The van der Waals surface area contributed by atoms with Gasteiger partial charge in [0, 0.05) is 11.3 Å². The molecule has 7 nitrogen and oxygen atoms in total. The van der Waals surface area contributed by atoms with Crippen molar-refractivity contribution in [2.45, 2.75) is 6.42 Å². The second-order valence-corrected chi connectivity index (χ2v) is 4.63. The molecule has 0 radical (unpaired) electrons. The quantitative estimate of drug-likeness (QED) is 0.611. The van der Waals surface area contributed by atoms with E-state index in [1.807, 2.05) is 18.2 Å². The van der Waals surface area contributed by atoms with Gasteiger partial charge in [0.1, 0.15) is 5.52 Å². The number of hydrogen-bond donors (Lipinski definition) is 3. The van der Waals surface area contributed by atoms with E-state index in [2.05, 4.69) is 25.3 Å². The van der Waals surface area contributed by atoms with Gasteiger partial charge < -0.3 is 16.0 Å². The van der Waals surface area contributed by atoms with E-state index in [1.54, 1.807) is 0 Å². The lowest BCUT2D eigenvalue weighted by Gasteiger charge is -2.04. The Balaban J connectivity index is 1.87. The van der Waals surface area contributed by atoms with Crippen LogP contribution in [0.4, 0.5) is 11.5 Å². The Kier molecular flexibility index (Phi) is 2.06. The van der Waals surface area contributed by atoms with Gasteiger partial charge in [0.05, 0.1) is 12.7 Å². The standard InChI is InChI=1S/C13H10N6O/c14-11-10-13(16-5-15-10)19-12(18-11)6-1-2-8-7(3-6)4-9(20)17-8/h1-3,5H,4H2,(H,17,20)(H3,14,15,16,18,19). The van der Waals surface area contributed by atoms with Crippen LogP contribution in [0.15, 0.2) is 24.5 Å². The number of rotatable bonds is 1. The summed E-state index contributed by atoms with van der Waals surface area (Å²) >= 11 is 0. The molecular formula is C13H10N6O. The first-order valence-corrected chi connectivity index (χ1v) is 6.10. The first-order valence-electron chi connectivity index (χ1n) is 6.10. The normalized spacial score (nSPS) is 13.5. The molecule has 7 heteroatoms. The van der Waals surface area contributed by atoms with Crippen LogP contribution in [0, 0.1) is 0 Å². The minimum atomic E-state index is 0.000311. The number of nitrogens with two attached hydrogens (primary N) is 1. The first-order chi connectivity index (χ1) is 9.70. The molecule has 0 aliphatic carbocycles. The van der Waals surface area contributed by atoms with Crippen molar-refractivity contribution in [3.8, 4) is 11.4 Å². The van der Waals surface area contributed by atoms with Crippen LogP contribution in [0.5, 0.6) is 0 Å². The average molecular weight is 266 g/mol. The molecule has 2 aromatic heterocycles. The van der Waals surface area contributed by atoms with Gasteiger partial charge in [0.2, 0.25) is 5.91 Å². The Morgan fingerprint density at radius 1 is 1.25 bits per heavy atom. The summed E-state index contributed by atoms with van der Waals surface area (Å²) < 4.78 is 0. The summed E-state index contributed by atoms with van der Waals surface area (Å²) in [6.07, 6.45) is 1.91.